The van der Waals surface area contributed by atoms with E-state index in [2.05, 4.69) is 5.32 Å². The molecule has 0 bridgehead atoms. The van der Waals surface area contributed by atoms with Gasteiger partial charge in [-0.3, -0.25) is 9.59 Å². The molecule has 0 heterocycles. The molecule has 0 saturated carbocycles. The number of rotatable bonds is 11. The van der Waals surface area contributed by atoms with Gasteiger partial charge >= 0.3 is 0 Å². The van der Waals surface area contributed by atoms with Crippen molar-refractivity contribution in [2.75, 3.05) is 5.75 Å². The first-order chi connectivity index (χ1) is 15.2. The second-order valence-electron chi connectivity index (χ2n) is 7.56. The van der Waals surface area contributed by atoms with E-state index in [1.807, 2.05) is 51.1 Å². The summed E-state index contributed by atoms with van der Waals surface area (Å²) in [7, 11) is 0. The van der Waals surface area contributed by atoms with Gasteiger partial charge in [0.2, 0.25) is 11.8 Å². The zero-order valence-corrected chi connectivity index (χ0v) is 21.6. The highest BCUT2D eigenvalue weighted by molar-refractivity contribution is 7.99. The minimum Gasteiger partial charge on any atom is -0.352 e. The molecule has 2 rings (SSSR count). The molecular formula is C24H29Cl3N2O2S. The molecule has 1 N–H and O–H groups in total. The van der Waals surface area contributed by atoms with E-state index in [4.69, 9.17) is 34.8 Å². The molecule has 2 aromatic carbocycles. The monoisotopic (exact) mass is 514 g/mol. The summed E-state index contributed by atoms with van der Waals surface area (Å²) in [5.41, 5.74) is 0.827. The van der Waals surface area contributed by atoms with Crippen molar-refractivity contribution in [1.29, 1.82) is 0 Å². The van der Waals surface area contributed by atoms with Crippen LogP contribution in [0.5, 0.6) is 0 Å². The smallest absolute Gasteiger partial charge is 0.243 e. The van der Waals surface area contributed by atoms with Crippen molar-refractivity contribution in [2.24, 2.45) is 0 Å². The highest BCUT2D eigenvalue weighted by atomic mass is 35.5. The van der Waals surface area contributed by atoms with E-state index in [0.717, 1.165) is 16.9 Å². The van der Waals surface area contributed by atoms with Gasteiger partial charge in [-0.2, -0.15) is 0 Å². The predicted molar refractivity (Wildman–Crippen MR) is 136 cm³/mol. The molecule has 8 heteroatoms. The van der Waals surface area contributed by atoms with E-state index in [1.54, 1.807) is 28.8 Å². The van der Waals surface area contributed by atoms with E-state index in [1.165, 1.54) is 0 Å². The van der Waals surface area contributed by atoms with E-state index >= 15 is 0 Å². The van der Waals surface area contributed by atoms with Gasteiger partial charge in [-0.1, -0.05) is 54.7 Å². The quantitative estimate of drug-likeness (QED) is 0.333. The Hall–Kier alpha value is -1.40. The first kappa shape index (κ1) is 26.8. The van der Waals surface area contributed by atoms with Gasteiger partial charge in [-0.25, -0.2) is 0 Å². The van der Waals surface area contributed by atoms with Gasteiger partial charge in [0.1, 0.15) is 6.04 Å². The molecule has 0 fully saturated rings. The maximum atomic E-state index is 13.3. The second kappa shape index (κ2) is 13.3. The Morgan fingerprint density at radius 3 is 2.28 bits per heavy atom. The first-order valence-electron chi connectivity index (χ1n) is 10.7. The maximum absolute atomic E-state index is 13.3. The minimum absolute atomic E-state index is 0.0407. The average molecular weight is 516 g/mol. The van der Waals surface area contributed by atoms with Gasteiger partial charge in [-0.05, 0) is 61.7 Å². The Labute approximate surface area is 210 Å². The fourth-order valence-electron chi connectivity index (χ4n) is 3.13. The Morgan fingerprint density at radius 1 is 1.00 bits per heavy atom. The molecule has 0 spiro atoms. The van der Waals surface area contributed by atoms with Crippen LogP contribution in [0.1, 0.15) is 45.6 Å². The van der Waals surface area contributed by atoms with Crippen molar-refractivity contribution < 1.29 is 9.59 Å². The number of thioether (sulfide) groups is 1. The van der Waals surface area contributed by atoms with Crippen molar-refractivity contribution in [1.82, 2.24) is 10.2 Å². The van der Waals surface area contributed by atoms with E-state index < -0.39 is 6.04 Å². The van der Waals surface area contributed by atoms with Crippen LogP contribution >= 0.6 is 46.6 Å². The summed E-state index contributed by atoms with van der Waals surface area (Å²) >= 11 is 19.7. The lowest BCUT2D eigenvalue weighted by atomic mass is 10.1. The molecule has 0 aliphatic heterocycles. The van der Waals surface area contributed by atoms with Crippen LogP contribution in [0.4, 0.5) is 0 Å². The third kappa shape index (κ3) is 8.18. The molecule has 2 amide bonds. The molecule has 2 aromatic rings. The van der Waals surface area contributed by atoms with Crippen LogP contribution in [0.25, 0.3) is 0 Å². The van der Waals surface area contributed by atoms with E-state index in [9.17, 15) is 9.59 Å². The normalized spacial score (nSPS) is 12.8. The van der Waals surface area contributed by atoms with Crippen LogP contribution in [-0.4, -0.2) is 34.6 Å². The van der Waals surface area contributed by atoms with Crippen molar-refractivity contribution in [3.05, 3.63) is 63.1 Å². The Kier molecular flexibility index (Phi) is 11.2. The van der Waals surface area contributed by atoms with Crippen molar-refractivity contribution >= 4 is 58.4 Å². The number of hydrogen-bond donors (Lipinski definition) is 1. The van der Waals surface area contributed by atoms with Crippen LogP contribution in [0.15, 0.2) is 47.4 Å². The highest BCUT2D eigenvalue weighted by Crippen LogP contribution is 2.25. The summed E-state index contributed by atoms with van der Waals surface area (Å²) in [6.07, 6.45) is 1.64. The third-order valence-corrected chi connectivity index (χ3v) is 7.13. The molecule has 0 radical (unpaired) electrons. The van der Waals surface area contributed by atoms with Gasteiger partial charge in [0, 0.05) is 34.7 Å². The predicted octanol–water partition coefficient (Wildman–Crippen LogP) is 6.85. The van der Waals surface area contributed by atoms with Crippen LogP contribution in [0, 0.1) is 0 Å². The Morgan fingerprint density at radius 2 is 1.69 bits per heavy atom. The Bertz CT molecular complexity index is 909. The van der Waals surface area contributed by atoms with Gasteiger partial charge in [-0.15, -0.1) is 11.8 Å². The van der Waals surface area contributed by atoms with E-state index in [-0.39, 0.29) is 24.4 Å². The van der Waals surface area contributed by atoms with Gasteiger partial charge in [0.05, 0.1) is 10.0 Å². The van der Waals surface area contributed by atoms with Crippen molar-refractivity contribution in [3.63, 3.8) is 0 Å². The standard InChI is InChI=1S/C24H29Cl3N2O2S/c1-4-16(3)28-24(31)22(5-2)29(15-17-6-11-20(26)21(27)14-17)23(30)12-13-32-19-9-7-18(25)8-10-19/h6-11,14,16,22H,4-5,12-13,15H2,1-3H3,(H,28,31)/t16-,22+/m1/s1. The second-order valence-corrected chi connectivity index (χ2v) is 9.98. The van der Waals surface area contributed by atoms with Crippen LogP contribution in [0.3, 0.4) is 0 Å². The number of nitrogens with one attached hydrogen (secondary N) is 1. The lowest BCUT2D eigenvalue weighted by Gasteiger charge is -2.31. The lowest BCUT2D eigenvalue weighted by molar-refractivity contribution is -0.141. The number of halogens is 3. The third-order valence-electron chi connectivity index (χ3n) is 5.12. The van der Waals surface area contributed by atoms with Crippen molar-refractivity contribution in [2.45, 2.75) is 63.6 Å². The summed E-state index contributed by atoms with van der Waals surface area (Å²) in [5.74, 6) is 0.381. The SMILES string of the molecule is CC[C@@H](C)NC(=O)[C@H](CC)N(Cc1ccc(Cl)c(Cl)c1)C(=O)CCSc1ccc(Cl)cc1. The molecule has 4 nitrogen and oxygen atoms in total. The minimum atomic E-state index is -0.563. The summed E-state index contributed by atoms with van der Waals surface area (Å²) in [4.78, 5) is 28.9. The number of benzene rings is 2. The molecule has 32 heavy (non-hydrogen) atoms. The molecule has 174 valence electrons. The summed E-state index contributed by atoms with van der Waals surface area (Å²) in [6, 6.07) is 12.3. The average Bonchev–Trinajstić information content (AvgIpc) is 2.77. The molecule has 0 aliphatic carbocycles. The molecule has 0 unspecified atom stereocenters. The van der Waals surface area contributed by atoms with Crippen LogP contribution in [-0.2, 0) is 16.1 Å². The number of carbonyl (C=O) groups excluding carboxylic acids is 2. The molecule has 0 aromatic heterocycles. The van der Waals surface area contributed by atoms with Crippen molar-refractivity contribution in [3.8, 4) is 0 Å². The van der Waals surface area contributed by atoms with Gasteiger partial charge < -0.3 is 10.2 Å². The molecule has 0 aliphatic rings. The van der Waals surface area contributed by atoms with Crippen LogP contribution < -0.4 is 5.32 Å². The topological polar surface area (TPSA) is 49.4 Å². The number of carbonyl (C=O) groups is 2. The number of hydrogen-bond acceptors (Lipinski definition) is 3. The largest absolute Gasteiger partial charge is 0.352 e. The molecule has 0 saturated heterocycles. The molecule has 2 atom stereocenters. The van der Waals surface area contributed by atoms with Gasteiger partial charge in [0.15, 0.2) is 0 Å². The highest BCUT2D eigenvalue weighted by Gasteiger charge is 2.29. The number of amides is 2. The fraction of sp³-hybridized carbons (Fsp3) is 0.417. The summed E-state index contributed by atoms with van der Waals surface area (Å²) in [5, 5.41) is 4.56. The zero-order chi connectivity index (χ0) is 23.7. The Balaban J connectivity index is 2.16. The van der Waals surface area contributed by atoms with E-state index in [0.29, 0.717) is 33.7 Å². The lowest BCUT2D eigenvalue weighted by Crippen LogP contribution is -2.50. The van der Waals surface area contributed by atoms with Gasteiger partial charge in [0.25, 0.3) is 0 Å². The maximum Gasteiger partial charge on any atom is 0.243 e. The fourth-order valence-corrected chi connectivity index (χ4v) is 4.41. The summed E-state index contributed by atoms with van der Waals surface area (Å²) < 4.78 is 0. The first-order valence-corrected chi connectivity index (χ1v) is 12.8. The summed E-state index contributed by atoms with van der Waals surface area (Å²) in [6.45, 7) is 6.17. The zero-order valence-electron chi connectivity index (χ0n) is 18.5. The number of nitrogens with zero attached hydrogens (tertiary/aromatic N) is 1. The van der Waals surface area contributed by atoms with Crippen LogP contribution in [0.2, 0.25) is 15.1 Å². The molecular weight excluding hydrogens is 487 g/mol.